The number of ether oxygens (including phenoxy) is 2. The zero-order chi connectivity index (χ0) is 13.2. The average Bonchev–Trinajstić information content (AvgIpc) is 2.55. The molecule has 0 bridgehead atoms. The fraction of sp³-hybridized carbons (Fsp3) is 0.143. The van der Waals surface area contributed by atoms with E-state index in [0.717, 1.165) is 5.69 Å². The van der Waals surface area contributed by atoms with Gasteiger partial charge in [-0.2, -0.15) is 0 Å². The van der Waals surface area contributed by atoms with Crippen molar-refractivity contribution in [3.8, 4) is 5.75 Å². The van der Waals surface area contributed by atoms with E-state index in [0.29, 0.717) is 17.1 Å². The molecule has 0 saturated heterocycles. The van der Waals surface area contributed by atoms with Gasteiger partial charge in [0.05, 0.1) is 11.3 Å². The Hall–Kier alpha value is -2.56. The van der Waals surface area contributed by atoms with Crippen LogP contribution >= 0.6 is 0 Å². The van der Waals surface area contributed by atoms with Gasteiger partial charge < -0.3 is 14.8 Å². The minimum Gasteiger partial charge on any atom is -0.448 e. The summed E-state index contributed by atoms with van der Waals surface area (Å²) in [5, 5.41) is 3.18. The highest BCUT2D eigenvalue weighted by molar-refractivity contribution is 5.70. The van der Waals surface area contributed by atoms with Gasteiger partial charge in [0.2, 0.25) is 0 Å². The van der Waals surface area contributed by atoms with Gasteiger partial charge in [-0.25, -0.2) is 4.98 Å². The van der Waals surface area contributed by atoms with Gasteiger partial charge in [0, 0.05) is 13.1 Å². The van der Waals surface area contributed by atoms with Gasteiger partial charge in [-0.15, -0.1) is 0 Å². The lowest BCUT2D eigenvalue weighted by atomic mass is 10.2. The second-order valence-corrected chi connectivity index (χ2v) is 4.12. The lowest BCUT2D eigenvalue weighted by Crippen LogP contribution is -2.14. The summed E-state index contributed by atoms with van der Waals surface area (Å²) in [5.41, 5.74) is 1.48. The first-order valence-electron chi connectivity index (χ1n) is 5.89. The van der Waals surface area contributed by atoms with Crippen molar-refractivity contribution in [2.45, 2.75) is 13.2 Å². The molecule has 5 nitrogen and oxygen atoms in total. The molecule has 1 atom stereocenters. The molecule has 1 aliphatic heterocycles. The average molecular weight is 256 g/mol. The Labute approximate surface area is 110 Å². The molecule has 0 amide bonds. The standard InChI is InChI=1S/C14H12N2O3/c1-9(17)18-14-10-5-4-8-15-13(10)16-11-6-2-3-7-12(11)19-14/h2-8,14H,1H3,(H,15,16). The predicted octanol–water partition coefficient (Wildman–Crippen LogP) is 2.78. The highest BCUT2D eigenvalue weighted by Crippen LogP contribution is 2.37. The molecule has 5 heteroatoms. The number of anilines is 2. The Morgan fingerprint density at radius 1 is 1.32 bits per heavy atom. The van der Waals surface area contributed by atoms with E-state index in [-0.39, 0.29) is 0 Å². The van der Waals surface area contributed by atoms with E-state index in [2.05, 4.69) is 10.3 Å². The van der Waals surface area contributed by atoms with Crippen LogP contribution in [-0.2, 0) is 9.53 Å². The van der Waals surface area contributed by atoms with Crippen LogP contribution in [0.3, 0.4) is 0 Å². The van der Waals surface area contributed by atoms with Crippen molar-refractivity contribution < 1.29 is 14.3 Å². The minimum atomic E-state index is -0.794. The maximum Gasteiger partial charge on any atom is 0.305 e. The van der Waals surface area contributed by atoms with Gasteiger partial charge in [0.1, 0.15) is 11.6 Å². The lowest BCUT2D eigenvalue weighted by molar-refractivity contribution is -0.161. The summed E-state index contributed by atoms with van der Waals surface area (Å²) >= 11 is 0. The van der Waals surface area contributed by atoms with Crippen LogP contribution in [0.1, 0.15) is 18.8 Å². The summed E-state index contributed by atoms with van der Waals surface area (Å²) in [4.78, 5) is 15.5. The summed E-state index contributed by atoms with van der Waals surface area (Å²) < 4.78 is 11.0. The first-order chi connectivity index (χ1) is 9.24. The zero-order valence-electron chi connectivity index (χ0n) is 10.3. The Morgan fingerprint density at radius 2 is 2.16 bits per heavy atom. The molecule has 0 aliphatic carbocycles. The van der Waals surface area contributed by atoms with Crippen LogP contribution in [0.25, 0.3) is 0 Å². The molecule has 1 unspecified atom stereocenters. The maximum absolute atomic E-state index is 11.2. The number of rotatable bonds is 1. The Bertz CT molecular complexity index is 628. The number of pyridine rings is 1. The van der Waals surface area contributed by atoms with Crippen LogP contribution in [0.15, 0.2) is 42.6 Å². The molecule has 0 fully saturated rings. The second kappa shape index (κ2) is 4.61. The topological polar surface area (TPSA) is 60.5 Å². The van der Waals surface area contributed by atoms with E-state index >= 15 is 0 Å². The highest BCUT2D eigenvalue weighted by Gasteiger charge is 2.25. The molecule has 3 rings (SSSR count). The van der Waals surface area contributed by atoms with Crippen molar-refractivity contribution in [3.63, 3.8) is 0 Å². The number of nitrogens with zero attached hydrogens (tertiary/aromatic N) is 1. The SMILES string of the molecule is CC(=O)OC1Oc2ccccc2Nc2ncccc21. The van der Waals surface area contributed by atoms with E-state index in [9.17, 15) is 4.79 Å². The molecular weight excluding hydrogens is 244 g/mol. The molecular formula is C14H12N2O3. The number of benzene rings is 1. The Kier molecular flexibility index (Phi) is 2.79. The number of hydrogen-bond donors (Lipinski definition) is 1. The maximum atomic E-state index is 11.2. The molecule has 0 spiro atoms. The first kappa shape index (κ1) is 11.5. The number of hydrogen-bond acceptors (Lipinski definition) is 5. The smallest absolute Gasteiger partial charge is 0.305 e. The molecule has 96 valence electrons. The van der Waals surface area contributed by atoms with E-state index in [1.165, 1.54) is 6.92 Å². The highest BCUT2D eigenvalue weighted by atomic mass is 16.7. The fourth-order valence-electron chi connectivity index (χ4n) is 1.93. The third-order valence-corrected chi connectivity index (χ3v) is 2.74. The second-order valence-electron chi connectivity index (χ2n) is 4.12. The van der Waals surface area contributed by atoms with Crippen molar-refractivity contribution in [1.29, 1.82) is 0 Å². The molecule has 1 N–H and O–H groups in total. The van der Waals surface area contributed by atoms with Crippen molar-refractivity contribution in [2.24, 2.45) is 0 Å². The number of aromatic nitrogens is 1. The molecule has 1 aromatic heterocycles. The molecule has 2 aromatic rings. The third-order valence-electron chi connectivity index (χ3n) is 2.74. The van der Waals surface area contributed by atoms with Crippen LogP contribution in [0.4, 0.5) is 11.5 Å². The fourth-order valence-corrected chi connectivity index (χ4v) is 1.93. The molecule has 19 heavy (non-hydrogen) atoms. The monoisotopic (exact) mass is 256 g/mol. The van der Waals surface area contributed by atoms with Crippen molar-refractivity contribution in [2.75, 3.05) is 5.32 Å². The van der Waals surface area contributed by atoms with Gasteiger partial charge in [-0.1, -0.05) is 12.1 Å². The predicted molar refractivity (Wildman–Crippen MR) is 69.1 cm³/mol. The Balaban J connectivity index is 2.08. The quantitative estimate of drug-likeness (QED) is 0.795. The molecule has 2 heterocycles. The van der Waals surface area contributed by atoms with E-state index in [4.69, 9.17) is 9.47 Å². The normalized spacial score (nSPS) is 16.2. The minimum absolute atomic E-state index is 0.404. The van der Waals surface area contributed by atoms with Gasteiger partial charge in [-0.3, -0.25) is 4.79 Å². The molecule has 0 saturated carbocycles. The third kappa shape index (κ3) is 2.22. The van der Waals surface area contributed by atoms with Crippen LogP contribution in [0.5, 0.6) is 5.75 Å². The summed E-state index contributed by atoms with van der Waals surface area (Å²) in [7, 11) is 0. The largest absolute Gasteiger partial charge is 0.448 e. The number of fused-ring (bicyclic) bond motifs is 2. The van der Waals surface area contributed by atoms with Crippen LogP contribution < -0.4 is 10.1 Å². The van der Waals surface area contributed by atoms with Crippen molar-refractivity contribution >= 4 is 17.5 Å². The van der Waals surface area contributed by atoms with Crippen LogP contribution in [0.2, 0.25) is 0 Å². The zero-order valence-corrected chi connectivity index (χ0v) is 10.3. The molecule has 0 radical (unpaired) electrons. The number of para-hydroxylation sites is 2. The van der Waals surface area contributed by atoms with E-state index in [1.54, 1.807) is 12.3 Å². The summed E-state index contributed by atoms with van der Waals surface area (Å²) in [5.74, 6) is 0.838. The van der Waals surface area contributed by atoms with Crippen molar-refractivity contribution in [3.05, 3.63) is 48.2 Å². The molecule has 1 aliphatic rings. The number of carbonyl (C=O) groups excluding carboxylic acids is 1. The van der Waals surface area contributed by atoms with Gasteiger partial charge in [-0.05, 0) is 24.3 Å². The summed E-state index contributed by atoms with van der Waals surface area (Å²) in [6, 6.07) is 11.0. The number of nitrogens with one attached hydrogen (secondary N) is 1. The van der Waals surface area contributed by atoms with Gasteiger partial charge in [0.25, 0.3) is 6.29 Å². The number of carbonyl (C=O) groups is 1. The Morgan fingerprint density at radius 3 is 3.00 bits per heavy atom. The molecule has 1 aromatic carbocycles. The van der Waals surface area contributed by atoms with Crippen LogP contribution in [0, 0.1) is 0 Å². The first-order valence-corrected chi connectivity index (χ1v) is 5.89. The van der Waals surface area contributed by atoms with Crippen molar-refractivity contribution in [1.82, 2.24) is 4.98 Å². The van der Waals surface area contributed by atoms with Gasteiger partial charge in [0.15, 0.2) is 0 Å². The summed E-state index contributed by atoms with van der Waals surface area (Å²) in [6.45, 7) is 1.35. The van der Waals surface area contributed by atoms with Gasteiger partial charge >= 0.3 is 5.97 Å². The number of esters is 1. The van der Waals surface area contributed by atoms with E-state index in [1.807, 2.05) is 30.3 Å². The van der Waals surface area contributed by atoms with Crippen LogP contribution in [-0.4, -0.2) is 11.0 Å². The lowest BCUT2D eigenvalue weighted by Gasteiger charge is -2.17. The van der Waals surface area contributed by atoms with E-state index < -0.39 is 12.3 Å². The summed E-state index contributed by atoms with van der Waals surface area (Å²) in [6.07, 6.45) is 0.877.